The van der Waals surface area contributed by atoms with Crippen LogP contribution >= 0.6 is 28.3 Å². The number of anilines is 1. The van der Waals surface area contributed by atoms with Gasteiger partial charge in [0.2, 0.25) is 0 Å². The van der Waals surface area contributed by atoms with Crippen molar-refractivity contribution in [3.05, 3.63) is 22.9 Å². The molecule has 0 atom stereocenters. The summed E-state index contributed by atoms with van der Waals surface area (Å²) < 4.78 is 0.914. The second kappa shape index (κ2) is 3.69. The summed E-state index contributed by atoms with van der Waals surface area (Å²) >= 11 is 3.22. The first-order valence-corrected chi connectivity index (χ1v) is 2.94. The standard InChI is InChI=1S/C5H5BrN2.ClH/c6-4-1-5(7)3-8-2-4;/h1-3H,7H2;1H. The minimum absolute atomic E-state index is 0. The number of halogens is 2. The van der Waals surface area contributed by atoms with Crippen LogP contribution in [0.1, 0.15) is 0 Å². The molecule has 0 aromatic carbocycles. The van der Waals surface area contributed by atoms with Crippen LogP contribution in [-0.4, -0.2) is 4.98 Å². The maximum Gasteiger partial charge on any atom is 0.0511 e. The zero-order valence-corrected chi connectivity index (χ0v) is 6.95. The zero-order valence-electron chi connectivity index (χ0n) is 4.54. The molecule has 9 heavy (non-hydrogen) atoms. The Hall–Kier alpha value is -0.280. The number of pyridine rings is 1. The molecule has 0 aliphatic carbocycles. The van der Waals surface area contributed by atoms with E-state index < -0.39 is 0 Å². The molecule has 1 rings (SSSR count). The molecule has 0 radical (unpaired) electrons. The fourth-order valence-electron chi connectivity index (χ4n) is 0.428. The molecule has 50 valence electrons. The third-order valence-corrected chi connectivity index (χ3v) is 1.16. The number of nitrogens with zero attached hydrogens (tertiary/aromatic N) is 1. The van der Waals surface area contributed by atoms with Gasteiger partial charge in [-0.2, -0.15) is 0 Å². The first-order valence-electron chi connectivity index (χ1n) is 2.15. The van der Waals surface area contributed by atoms with Crippen molar-refractivity contribution in [2.75, 3.05) is 5.73 Å². The molecular formula is C5H6BrClN2. The highest BCUT2D eigenvalue weighted by Gasteiger charge is 1.84. The molecule has 0 bridgehead atoms. The maximum atomic E-state index is 5.37. The summed E-state index contributed by atoms with van der Waals surface area (Å²) in [5.41, 5.74) is 6.05. The predicted octanol–water partition coefficient (Wildman–Crippen LogP) is 1.85. The summed E-state index contributed by atoms with van der Waals surface area (Å²) in [5, 5.41) is 0. The largest absolute Gasteiger partial charge is 0.397 e. The van der Waals surface area contributed by atoms with Gasteiger partial charge in [-0.25, -0.2) is 0 Å². The molecule has 0 spiro atoms. The Balaban J connectivity index is 0.000000640. The molecule has 0 saturated carbocycles. The number of hydrogen-bond donors (Lipinski definition) is 1. The molecule has 0 unspecified atom stereocenters. The fraction of sp³-hybridized carbons (Fsp3) is 0. The van der Waals surface area contributed by atoms with E-state index in [4.69, 9.17) is 5.73 Å². The van der Waals surface area contributed by atoms with Crippen LogP contribution in [0.2, 0.25) is 0 Å². The van der Waals surface area contributed by atoms with Crippen LogP contribution in [0.3, 0.4) is 0 Å². The number of hydrogen-bond acceptors (Lipinski definition) is 2. The number of nitrogen functional groups attached to an aromatic ring is 1. The van der Waals surface area contributed by atoms with Gasteiger partial charge in [-0.15, -0.1) is 12.4 Å². The Labute approximate surface area is 68.0 Å². The van der Waals surface area contributed by atoms with Crippen LogP contribution < -0.4 is 5.73 Å². The monoisotopic (exact) mass is 208 g/mol. The maximum absolute atomic E-state index is 5.37. The van der Waals surface area contributed by atoms with Crippen LogP contribution in [0.25, 0.3) is 0 Å². The van der Waals surface area contributed by atoms with Crippen LogP contribution in [0.4, 0.5) is 5.69 Å². The molecule has 2 nitrogen and oxygen atoms in total. The lowest BCUT2D eigenvalue weighted by atomic mass is 10.4. The van der Waals surface area contributed by atoms with E-state index in [1.165, 1.54) is 0 Å². The highest BCUT2D eigenvalue weighted by molar-refractivity contribution is 9.10. The smallest absolute Gasteiger partial charge is 0.0511 e. The van der Waals surface area contributed by atoms with Crippen molar-refractivity contribution in [2.24, 2.45) is 0 Å². The molecule has 1 aromatic heterocycles. The van der Waals surface area contributed by atoms with Gasteiger partial charge in [-0.1, -0.05) is 0 Å². The van der Waals surface area contributed by atoms with Gasteiger partial charge in [-0.05, 0) is 22.0 Å². The van der Waals surface area contributed by atoms with Crippen LogP contribution in [0, 0.1) is 0 Å². The van der Waals surface area contributed by atoms with E-state index in [9.17, 15) is 0 Å². The molecule has 0 fully saturated rings. The minimum atomic E-state index is 0. The molecule has 1 heterocycles. The molecule has 0 aliphatic rings. The van der Waals surface area contributed by atoms with Gasteiger partial charge in [0.15, 0.2) is 0 Å². The summed E-state index contributed by atoms with van der Waals surface area (Å²) in [7, 11) is 0. The van der Waals surface area contributed by atoms with E-state index in [0.717, 1.165) is 4.47 Å². The van der Waals surface area contributed by atoms with Crippen molar-refractivity contribution >= 4 is 34.0 Å². The zero-order chi connectivity index (χ0) is 5.98. The van der Waals surface area contributed by atoms with E-state index >= 15 is 0 Å². The topological polar surface area (TPSA) is 38.9 Å². The highest BCUT2D eigenvalue weighted by Crippen LogP contribution is 2.09. The summed E-state index contributed by atoms with van der Waals surface area (Å²) in [6.07, 6.45) is 3.29. The van der Waals surface area contributed by atoms with Gasteiger partial charge in [0, 0.05) is 16.9 Å². The van der Waals surface area contributed by atoms with Gasteiger partial charge >= 0.3 is 0 Å². The van der Waals surface area contributed by atoms with Crippen LogP contribution in [0.5, 0.6) is 0 Å². The molecule has 0 saturated heterocycles. The van der Waals surface area contributed by atoms with Crippen molar-refractivity contribution in [3.8, 4) is 0 Å². The quantitative estimate of drug-likeness (QED) is 0.708. The Morgan fingerprint density at radius 3 is 2.44 bits per heavy atom. The fourth-order valence-corrected chi connectivity index (χ4v) is 0.811. The average molecular weight is 209 g/mol. The Morgan fingerprint density at radius 1 is 1.44 bits per heavy atom. The molecule has 4 heteroatoms. The van der Waals surface area contributed by atoms with E-state index in [1.807, 2.05) is 0 Å². The van der Waals surface area contributed by atoms with E-state index in [0.29, 0.717) is 5.69 Å². The summed E-state index contributed by atoms with van der Waals surface area (Å²) in [6.45, 7) is 0. The lowest BCUT2D eigenvalue weighted by Crippen LogP contribution is -1.83. The average Bonchev–Trinajstić information content (AvgIpc) is 1.64. The van der Waals surface area contributed by atoms with Crippen LogP contribution in [-0.2, 0) is 0 Å². The molecule has 0 amide bonds. The molecule has 0 aliphatic heterocycles. The van der Waals surface area contributed by atoms with Crippen molar-refractivity contribution < 1.29 is 0 Å². The van der Waals surface area contributed by atoms with E-state index in [2.05, 4.69) is 20.9 Å². The summed E-state index contributed by atoms with van der Waals surface area (Å²) in [6, 6.07) is 1.80. The van der Waals surface area contributed by atoms with Gasteiger partial charge in [0.25, 0.3) is 0 Å². The normalized spacial score (nSPS) is 8.11. The number of aromatic nitrogens is 1. The van der Waals surface area contributed by atoms with Crippen molar-refractivity contribution in [3.63, 3.8) is 0 Å². The summed E-state index contributed by atoms with van der Waals surface area (Å²) in [4.78, 5) is 3.81. The Morgan fingerprint density at radius 2 is 2.11 bits per heavy atom. The highest BCUT2D eigenvalue weighted by atomic mass is 79.9. The molecule has 1 aromatic rings. The Kier molecular flexibility index (Phi) is 3.58. The van der Waals surface area contributed by atoms with E-state index in [1.54, 1.807) is 18.5 Å². The molecule has 2 N–H and O–H groups in total. The van der Waals surface area contributed by atoms with Crippen molar-refractivity contribution in [1.82, 2.24) is 4.98 Å². The third-order valence-electron chi connectivity index (χ3n) is 0.726. The van der Waals surface area contributed by atoms with Gasteiger partial charge in [0.05, 0.1) is 5.69 Å². The number of rotatable bonds is 0. The Bertz CT molecular complexity index is 175. The van der Waals surface area contributed by atoms with Crippen molar-refractivity contribution in [2.45, 2.75) is 0 Å². The van der Waals surface area contributed by atoms with Crippen molar-refractivity contribution in [1.29, 1.82) is 0 Å². The SMILES string of the molecule is Cl.Nc1cncc(Br)c1. The molecular weight excluding hydrogens is 203 g/mol. The second-order valence-electron chi connectivity index (χ2n) is 1.44. The lowest BCUT2D eigenvalue weighted by Gasteiger charge is -1.88. The lowest BCUT2D eigenvalue weighted by molar-refractivity contribution is 1.31. The number of nitrogens with two attached hydrogens (primary N) is 1. The second-order valence-corrected chi connectivity index (χ2v) is 2.35. The first kappa shape index (κ1) is 8.72. The van der Waals surface area contributed by atoms with Gasteiger partial charge in [-0.3, -0.25) is 4.98 Å². The third kappa shape index (κ3) is 2.67. The van der Waals surface area contributed by atoms with Gasteiger partial charge in [0.1, 0.15) is 0 Å². The summed E-state index contributed by atoms with van der Waals surface area (Å²) in [5.74, 6) is 0. The first-order chi connectivity index (χ1) is 3.79. The van der Waals surface area contributed by atoms with Gasteiger partial charge < -0.3 is 5.73 Å². The van der Waals surface area contributed by atoms with Crippen LogP contribution in [0.15, 0.2) is 22.9 Å². The van der Waals surface area contributed by atoms with E-state index in [-0.39, 0.29) is 12.4 Å². The predicted molar refractivity (Wildman–Crippen MR) is 43.6 cm³/mol. The minimum Gasteiger partial charge on any atom is -0.397 e.